The first-order valence-corrected chi connectivity index (χ1v) is 10.7. The molecule has 0 aromatic heterocycles. The Hall–Kier alpha value is -2.57. The monoisotopic (exact) mass is 411 g/mol. The first kappa shape index (κ1) is 22.1. The molecule has 2 aromatic rings. The lowest BCUT2D eigenvalue weighted by Gasteiger charge is -2.36. The van der Waals surface area contributed by atoms with Crippen LogP contribution in [-0.2, 0) is 11.3 Å². The second-order valence-electron chi connectivity index (χ2n) is 7.78. The minimum Gasteiger partial charge on any atom is -0.497 e. The molecule has 2 aromatic carbocycles. The summed E-state index contributed by atoms with van der Waals surface area (Å²) >= 11 is 0. The van der Waals surface area contributed by atoms with Gasteiger partial charge in [0, 0.05) is 45.0 Å². The SMILES string of the molecule is CCC(O)CN(CC(=O)N1CCN(Cc2ccc(OC)cc2)CC1)c1ccccc1. The molecule has 0 saturated carbocycles. The molecule has 1 fully saturated rings. The van der Waals surface area contributed by atoms with E-state index in [1.165, 1.54) is 5.56 Å². The number of ether oxygens (including phenoxy) is 1. The molecule has 0 bridgehead atoms. The van der Waals surface area contributed by atoms with Crippen LogP contribution in [0.3, 0.4) is 0 Å². The van der Waals surface area contributed by atoms with Gasteiger partial charge in [-0.25, -0.2) is 0 Å². The van der Waals surface area contributed by atoms with Gasteiger partial charge in [0.15, 0.2) is 0 Å². The maximum absolute atomic E-state index is 13.0. The maximum atomic E-state index is 13.0. The number of hydrogen-bond acceptors (Lipinski definition) is 5. The van der Waals surface area contributed by atoms with Crippen LogP contribution in [0.25, 0.3) is 0 Å². The smallest absolute Gasteiger partial charge is 0.242 e. The van der Waals surface area contributed by atoms with Crippen LogP contribution < -0.4 is 9.64 Å². The number of benzene rings is 2. The van der Waals surface area contributed by atoms with Gasteiger partial charge in [-0.15, -0.1) is 0 Å². The lowest BCUT2D eigenvalue weighted by molar-refractivity contribution is -0.131. The molecule has 30 heavy (non-hydrogen) atoms. The van der Waals surface area contributed by atoms with E-state index in [0.717, 1.165) is 44.2 Å². The number of carbonyl (C=O) groups is 1. The minimum atomic E-state index is -0.445. The van der Waals surface area contributed by atoms with Gasteiger partial charge in [-0.05, 0) is 36.2 Å². The fourth-order valence-corrected chi connectivity index (χ4v) is 3.69. The van der Waals surface area contributed by atoms with Crippen molar-refractivity contribution in [3.63, 3.8) is 0 Å². The van der Waals surface area contributed by atoms with Crippen LogP contribution >= 0.6 is 0 Å². The van der Waals surface area contributed by atoms with E-state index in [2.05, 4.69) is 17.0 Å². The van der Waals surface area contributed by atoms with Crippen molar-refractivity contribution in [3.05, 3.63) is 60.2 Å². The Balaban J connectivity index is 1.52. The molecule has 0 radical (unpaired) electrons. The highest BCUT2D eigenvalue weighted by Crippen LogP contribution is 2.17. The highest BCUT2D eigenvalue weighted by molar-refractivity contribution is 5.81. The first-order chi connectivity index (χ1) is 14.6. The predicted octanol–water partition coefficient (Wildman–Crippen LogP) is 2.62. The van der Waals surface area contributed by atoms with E-state index in [1.54, 1.807) is 7.11 Å². The first-order valence-electron chi connectivity index (χ1n) is 10.7. The number of rotatable bonds is 9. The second kappa shape index (κ2) is 11.0. The number of hydrogen-bond donors (Lipinski definition) is 1. The van der Waals surface area contributed by atoms with Gasteiger partial charge in [0.05, 0.1) is 19.8 Å². The number of aliphatic hydroxyl groups is 1. The predicted molar refractivity (Wildman–Crippen MR) is 120 cm³/mol. The molecule has 3 rings (SSSR count). The average molecular weight is 412 g/mol. The molecule has 0 aliphatic carbocycles. The van der Waals surface area contributed by atoms with Crippen molar-refractivity contribution in [1.29, 1.82) is 0 Å². The van der Waals surface area contributed by atoms with E-state index >= 15 is 0 Å². The fourth-order valence-electron chi connectivity index (χ4n) is 3.69. The largest absolute Gasteiger partial charge is 0.497 e. The van der Waals surface area contributed by atoms with Gasteiger partial charge in [0.25, 0.3) is 0 Å². The van der Waals surface area contributed by atoms with Crippen molar-refractivity contribution < 1.29 is 14.6 Å². The standard InChI is InChI=1S/C24H33N3O3/c1-3-22(28)18-27(21-7-5-4-6-8-21)19-24(29)26-15-13-25(14-16-26)17-20-9-11-23(30-2)12-10-20/h4-12,22,28H,3,13-19H2,1-2H3. The summed E-state index contributed by atoms with van der Waals surface area (Å²) in [7, 11) is 1.67. The summed E-state index contributed by atoms with van der Waals surface area (Å²) in [5.74, 6) is 0.983. The molecular weight excluding hydrogens is 378 g/mol. The van der Waals surface area contributed by atoms with Gasteiger partial charge in [0.2, 0.25) is 5.91 Å². The van der Waals surface area contributed by atoms with E-state index in [0.29, 0.717) is 19.5 Å². The third kappa shape index (κ3) is 6.21. The normalized spacial score (nSPS) is 15.6. The zero-order chi connectivity index (χ0) is 21.3. The molecule has 6 heteroatoms. The second-order valence-corrected chi connectivity index (χ2v) is 7.78. The Bertz CT molecular complexity index is 774. The number of nitrogens with zero attached hydrogens (tertiary/aromatic N) is 3. The molecule has 1 aliphatic heterocycles. The van der Waals surface area contributed by atoms with Gasteiger partial charge in [0.1, 0.15) is 5.75 Å². The topological polar surface area (TPSA) is 56.2 Å². The highest BCUT2D eigenvalue weighted by atomic mass is 16.5. The van der Waals surface area contributed by atoms with Crippen LogP contribution in [0.2, 0.25) is 0 Å². The Morgan fingerprint density at radius 1 is 1.07 bits per heavy atom. The van der Waals surface area contributed by atoms with Crippen molar-refractivity contribution in [2.24, 2.45) is 0 Å². The van der Waals surface area contributed by atoms with E-state index < -0.39 is 6.10 Å². The summed E-state index contributed by atoms with van der Waals surface area (Å²) in [5.41, 5.74) is 2.22. The van der Waals surface area contributed by atoms with E-state index in [1.807, 2.05) is 59.2 Å². The number of piperazine rings is 1. The van der Waals surface area contributed by atoms with Crippen LogP contribution in [0.5, 0.6) is 5.75 Å². The number of aliphatic hydroxyl groups excluding tert-OH is 1. The lowest BCUT2D eigenvalue weighted by atomic mass is 10.2. The molecule has 1 N–H and O–H groups in total. The minimum absolute atomic E-state index is 0.117. The molecule has 6 nitrogen and oxygen atoms in total. The molecule has 1 saturated heterocycles. The number of para-hydroxylation sites is 1. The van der Waals surface area contributed by atoms with Gasteiger partial charge >= 0.3 is 0 Å². The zero-order valence-electron chi connectivity index (χ0n) is 18.0. The van der Waals surface area contributed by atoms with Crippen LogP contribution in [0, 0.1) is 0 Å². The summed E-state index contributed by atoms with van der Waals surface area (Å²) in [4.78, 5) is 19.3. The summed E-state index contributed by atoms with van der Waals surface area (Å²) in [6.45, 7) is 6.77. The van der Waals surface area contributed by atoms with Crippen molar-refractivity contribution in [1.82, 2.24) is 9.80 Å². The van der Waals surface area contributed by atoms with Crippen LogP contribution in [0.1, 0.15) is 18.9 Å². The Morgan fingerprint density at radius 3 is 2.33 bits per heavy atom. The third-order valence-corrected chi connectivity index (χ3v) is 5.64. The highest BCUT2D eigenvalue weighted by Gasteiger charge is 2.23. The average Bonchev–Trinajstić information content (AvgIpc) is 2.80. The summed E-state index contributed by atoms with van der Waals surface area (Å²) in [5, 5.41) is 10.1. The molecule has 1 amide bonds. The third-order valence-electron chi connectivity index (χ3n) is 5.64. The van der Waals surface area contributed by atoms with E-state index in [4.69, 9.17) is 4.74 Å². The molecule has 1 heterocycles. The zero-order valence-corrected chi connectivity index (χ0v) is 18.0. The number of anilines is 1. The van der Waals surface area contributed by atoms with Gasteiger partial charge in [-0.2, -0.15) is 0 Å². The number of methoxy groups -OCH3 is 1. The molecular formula is C24H33N3O3. The maximum Gasteiger partial charge on any atom is 0.242 e. The van der Waals surface area contributed by atoms with Crippen molar-refractivity contribution in [2.75, 3.05) is 51.3 Å². The van der Waals surface area contributed by atoms with Gasteiger partial charge < -0.3 is 19.6 Å². The quantitative estimate of drug-likeness (QED) is 0.688. The summed E-state index contributed by atoms with van der Waals surface area (Å²) < 4.78 is 5.22. The molecule has 1 unspecified atom stereocenters. The number of amides is 1. The van der Waals surface area contributed by atoms with Crippen molar-refractivity contribution in [2.45, 2.75) is 26.0 Å². The number of carbonyl (C=O) groups excluding carboxylic acids is 1. The van der Waals surface area contributed by atoms with Crippen LogP contribution in [-0.4, -0.2) is 73.3 Å². The van der Waals surface area contributed by atoms with Crippen molar-refractivity contribution in [3.8, 4) is 5.75 Å². The molecule has 1 aliphatic rings. The molecule has 1 atom stereocenters. The van der Waals surface area contributed by atoms with Crippen LogP contribution in [0.15, 0.2) is 54.6 Å². The molecule has 162 valence electrons. The Kier molecular flexibility index (Phi) is 8.11. The lowest BCUT2D eigenvalue weighted by Crippen LogP contribution is -2.51. The summed E-state index contributed by atoms with van der Waals surface area (Å²) in [6, 6.07) is 18.0. The van der Waals surface area contributed by atoms with Crippen LogP contribution in [0.4, 0.5) is 5.69 Å². The summed E-state index contributed by atoms with van der Waals surface area (Å²) in [6.07, 6.45) is 0.223. The van der Waals surface area contributed by atoms with Gasteiger partial charge in [-0.1, -0.05) is 37.3 Å². The van der Waals surface area contributed by atoms with E-state index in [-0.39, 0.29) is 5.91 Å². The van der Waals surface area contributed by atoms with Crippen molar-refractivity contribution >= 4 is 11.6 Å². The van der Waals surface area contributed by atoms with Gasteiger partial charge in [-0.3, -0.25) is 9.69 Å². The Morgan fingerprint density at radius 2 is 1.73 bits per heavy atom. The Labute approximate surface area is 179 Å². The molecule has 0 spiro atoms. The van der Waals surface area contributed by atoms with E-state index in [9.17, 15) is 9.90 Å². The fraction of sp³-hybridized carbons (Fsp3) is 0.458.